The second kappa shape index (κ2) is 8.23. The van der Waals surface area contributed by atoms with Crippen LogP contribution in [0, 0.1) is 0 Å². The van der Waals surface area contributed by atoms with Crippen molar-refractivity contribution in [1.82, 2.24) is 0 Å². The summed E-state index contributed by atoms with van der Waals surface area (Å²) in [6.45, 7) is 2.57. The van der Waals surface area contributed by atoms with Crippen molar-refractivity contribution in [3.05, 3.63) is 70.9 Å². The lowest BCUT2D eigenvalue weighted by Crippen LogP contribution is -2.36. The molecule has 0 atom stereocenters. The molecule has 0 aliphatic carbocycles. The molecule has 2 nitrogen and oxygen atoms in total. The fraction of sp³-hybridized carbons (Fsp3) is 0.348. The first kappa shape index (κ1) is 20.0. The van der Waals surface area contributed by atoms with Crippen LogP contribution in [0.5, 0.6) is 0 Å². The van der Waals surface area contributed by atoms with Gasteiger partial charge < -0.3 is 4.90 Å². The van der Waals surface area contributed by atoms with Crippen LogP contribution in [0.15, 0.2) is 54.7 Å². The van der Waals surface area contributed by atoms with Gasteiger partial charge in [-0.1, -0.05) is 36.6 Å². The Morgan fingerprint density at radius 3 is 2.24 bits per heavy atom. The van der Waals surface area contributed by atoms with Crippen molar-refractivity contribution < 1.29 is 17.7 Å². The van der Waals surface area contributed by atoms with Crippen LogP contribution in [-0.2, 0) is 12.7 Å². The molecule has 1 aromatic heterocycles. The SMILES string of the molecule is FC(F)(F)c1ccc(C[n+]2ccc(N3CCCCCC3)c3ccc(Cl)cc32)cc1. The zero-order valence-corrected chi connectivity index (χ0v) is 16.8. The highest BCUT2D eigenvalue weighted by molar-refractivity contribution is 6.31. The van der Waals surface area contributed by atoms with Crippen molar-refractivity contribution >= 4 is 28.2 Å². The molecule has 0 saturated carbocycles. The van der Waals surface area contributed by atoms with E-state index < -0.39 is 11.7 Å². The number of halogens is 4. The Balaban J connectivity index is 1.70. The first-order valence-electron chi connectivity index (χ1n) is 9.94. The molecule has 1 fully saturated rings. The second-order valence-corrected chi connectivity index (χ2v) is 8.02. The minimum atomic E-state index is -4.32. The third-order valence-corrected chi connectivity index (χ3v) is 5.77. The average Bonchev–Trinajstić information content (AvgIpc) is 2.97. The van der Waals surface area contributed by atoms with Gasteiger partial charge in [-0.25, -0.2) is 0 Å². The smallest absolute Gasteiger partial charge is 0.371 e. The Bertz CT molecular complexity index is 991. The maximum absolute atomic E-state index is 12.8. The molecule has 0 N–H and O–H groups in total. The van der Waals surface area contributed by atoms with Gasteiger partial charge in [0.1, 0.15) is 0 Å². The summed E-state index contributed by atoms with van der Waals surface area (Å²) in [6.07, 6.45) is 2.60. The number of anilines is 1. The molecule has 1 aliphatic heterocycles. The zero-order chi connectivity index (χ0) is 20.4. The van der Waals surface area contributed by atoms with Crippen molar-refractivity contribution in [3.8, 4) is 0 Å². The molecule has 0 radical (unpaired) electrons. The van der Waals surface area contributed by atoms with Crippen LogP contribution in [0.25, 0.3) is 10.9 Å². The van der Waals surface area contributed by atoms with Gasteiger partial charge in [0.15, 0.2) is 12.7 Å². The van der Waals surface area contributed by atoms with E-state index >= 15 is 0 Å². The normalized spacial score (nSPS) is 15.5. The van der Waals surface area contributed by atoms with Crippen molar-refractivity contribution in [2.75, 3.05) is 18.0 Å². The molecule has 29 heavy (non-hydrogen) atoms. The highest BCUT2D eigenvalue weighted by Gasteiger charge is 2.30. The third-order valence-electron chi connectivity index (χ3n) is 5.54. The molecule has 0 spiro atoms. The lowest BCUT2D eigenvalue weighted by Gasteiger charge is -2.23. The van der Waals surface area contributed by atoms with Crippen LogP contribution in [0.2, 0.25) is 5.02 Å². The molecular weight excluding hydrogens is 397 g/mol. The molecular formula is C23H23ClF3N2+. The van der Waals surface area contributed by atoms with E-state index in [0.717, 1.165) is 41.7 Å². The van der Waals surface area contributed by atoms with Gasteiger partial charge in [0.2, 0.25) is 5.52 Å². The summed E-state index contributed by atoms with van der Waals surface area (Å²) in [5.74, 6) is 0. The van der Waals surface area contributed by atoms with E-state index in [4.69, 9.17) is 11.6 Å². The van der Waals surface area contributed by atoms with E-state index in [1.807, 2.05) is 29.0 Å². The lowest BCUT2D eigenvalue weighted by atomic mass is 10.1. The quantitative estimate of drug-likeness (QED) is 0.456. The molecule has 2 heterocycles. The summed E-state index contributed by atoms with van der Waals surface area (Å²) >= 11 is 6.28. The predicted molar refractivity (Wildman–Crippen MR) is 110 cm³/mol. The van der Waals surface area contributed by atoms with Crippen LogP contribution >= 0.6 is 11.6 Å². The largest absolute Gasteiger partial charge is 0.416 e. The molecule has 0 amide bonds. The topological polar surface area (TPSA) is 7.12 Å². The van der Waals surface area contributed by atoms with Gasteiger partial charge in [0.05, 0.1) is 16.6 Å². The number of nitrogens with zero attached hydrogens (tertiary/aromatic N) is 2. The van der Waals surface area contributed by atoms with Crippen molar-refractivity contribution in [2.45, 2.75) is 38.4 Å². The third kappa shape index (κ3) is 4.50. The first-order valence-corrected chi connectivity index (χ1v) is 10.3. The van der Waals surface area contributed by atoms with Gasteiger partial charge in [-0.15, -0.1) is 0 Å². The molecule has 4 rings (SSSR count). The van der Waals surface area contributed by atoms with Gasteiger partial charge in [-0.2, -0.15) is 17.7 Å². The number of alkyl halides is 3. The van der Waals surface area contributed by atoms with Crippen LogP contribution in [0.3, 0.4) is 0 Å². The Kier molecular flexibility index (Phi) is 5.68. The van der Waals surface area contributed by atoms with Crippen LogP contribution in [0.4, 0.5) is 18.9 Å². The number of pyridine rings is 1. The second-order valence-electron chi connectivity index (χ2n) is 7.59. The molecule has 0 unspecified atom stereocenters. The van der Waals surface area contributed by atoms with Crippen LogP contribution < -0.4 is 9.47 Å². The number of rotatable bonds is 3. The van der Waals surface area contributed by atoms with E-state index in [0.29, 0.717) is 11.6 Å². The predicted octanol–water partition coefficient (Wildman–Crippen LogP) is 6.23. The van der Waals surface area contributed by atoms with Gasteiger partial charge >= 0.3 is 6.18 Å². The zero-order valence-electron chi connectivity index (χ0n) is 16.1. The van der Waals surface area contributed by atoms with Crippen LogP contribution in [-0.4, -0.2) is 13.1 Å². The van der Waals surface area contributed by atoms with E-state index in [1.165, 1.54) is 43.5 Å². The summed E-state index contributed by atoms with van der Waals surface area (Å²) in [4.78, 5) is 2.44. The number of fused-ring (bicyclic) bond motifs is 1. The van der Waals surface area contributed by atoms with Crippen LogP contribution in [0.1, 0.15) is 36.8 Å². The van der Waals surface area contributed by atoms with E-state index in [9.17, 15) is 13.2 Å². The van der Waals surface area contributed by atoms with Gasteiger partial charge in [-0.3, -0.25) is 0 Å². The van der Waals surface area contributed by atoms with Gasteiger partial charge in [0, 0.05) is 35.8 Å². The molecule has 2 aromatic carbocycles. The number of aromatic nitrogens is 1. The maximum atomic E-state index is 12.8. The Labute approximate surface area is 173 Å². The molecule has 152 valence electrons. The van der Waals surface area contributed by atoms with Crippen molar-refractivity contribution in [2.24, 2.45) is 0 Å². The lowest BCUT2D eigenvalue weighted by molar-refractivity contribution is -0.662. The number of benzene rings is 2. The van der Waals surface area contributed by atoms with Gasteiger partial charge in [0.25, 0.3) is 0 Å². The molecule has 3 aromatic rings. The standard InChI is InChI=1S/C23H23ClF3N2/c24-19-9-10-20-21(28-12-3-1-2-4-13-28)11-14-29(22(20)15-19)16-17-5-7-18(8-6-17)23(25,26)27/h5-11,14-15H,1-4,12-13,16H2/q+1. The average molecular weight is 420 g/mol. The Hall–Kier alpha value is -2.27. The molecule has 6 heteroatoms. The Morgan fingerprint density at radius 2 is 1.59 bits per heavy atom. The minimum Gasteiger partial charge on any atom is -0.371 e. The summed E-state index contributed by atoms with van der Waals surface area (Å²) in [6, 6.07) is 13.3. The Morgan fingerprint density at radius 1 is 0.897 bits per heavy atom. The molecule has 0 bridgehead atoms. The highest BCUT2D eigenvalue weighted by atomic mass is 35.5. The van der Waals surface area contributed by atoms with E-state index in [-0.39, 0.29) is 0 Å². The van der Waals surface area contributed by atoms with Crippen molar-refractivity contribution in [3.63, 3.8) is 0 Å². The summed E-state index contributed by atoms with van der Waals surface area (Å²) in [5.41, 5.74) is 2.36. The molecule has 1 aliphatic rings. The minimum absolute atomic E-state index is 0.481. The fourth-order valence-electron chi connectivity index (χ4n) is 4.01. The maximum Gasteiger partial charge on any atom is 0.416 e. The summed E-state index contributed by atoms with van der Waals surface area (Å²) < 4.78 is 40.5. The summed E-state index contributed by atoms with van der Waals surface area (Å²) in [7, 11) is 0. The number of hydrogen-bond acceptors (Lipinski definition) is 1. The van der Waals surface area contributed by atoms with E-state index in [1.54, 1.807) is 0 Å². The van der Waals surface area contributed by atoms with Crippen molar-refractivity contribution in [1.29, 1.82) is 0 Å². The molecule has 1 saturated heterocycles. The number of hydrogen-bond donors (Lipinski definition) is 0. The summed E-state index contributed by atoms with van der Waals surface area (Å²) in [5, 5.41) is 1.76. The first-order chi connectivity index (χ1) is 13.9. The highest BCUT2D eigenvalue weighted by Crippen LogP contribution is 2.30. The van der Waals surface area contributed by atoms with E-state index in [2.05, 4.69) is 11.0 Å². The monoisotopic (exact) mass is 419 g/mol. The fourth-order valence-corrected chi connectivity index (χ4v) is 4.18. The van der Waals surface area contributed by atoms with Gasteiger partial charge in [-0.05, 0) is 37.1 Å².